The summed E-state index contributed by atoms with van der Waals surface area (Å²) < 4.78 is 0. The van der Waals surface area contributed by atoms with Crippen LogP contribution in [-0.4, -0.2) is 41.7 Å². The highest BCUT2D eigenvalue weighted by Gasteiger charge is 2.14. The highest BCUT2D eigenvalue weighted by atomic mass is 16.4. The molecule has 3 N–H and O–H groups in total. The lowest BCUT2D eigenvalue weighted by Gasteiger charge is -2.29. The SMILES string of the molecule is N[C@@H]1CCCN(C/C=C/C(=O)O)C1. The van der Waals surface area contributed by atoms with Gasteiger partial charge in [0.25, 0.3) is 0 Å². The van der Waals surface area contributed by atoms with Crippen LogP contribution in [0.15, 0.2) is 12.2 Å². The van der Waals surface area contributed by atoms with Crippen LogP contribution < -0.4 is 5.73 Å². The third-order valence-electron chi connectivity index (χ3n) is 2.17. The number of carboxylic acid groups (broad SMARTS) is 1. The van der Waals surface area contributed by atoms with Crippen molar-refractivity contribution in [2.75, 3.05) is 19.6 Å². The summed E-state index contributed by atoms with van der Waals surface area (Å²) in [4.78, 5) is 12.3. The molecule has 1 aliphatic rings. The van der Waals surface area contributed by atoms with Crippen molar-refractivity contribution in [2.45, 2.75) is 18.9 Å². The molecule has 13 heavy (non-hydrogen) atoms. The zero-order valence-corrected chi connectivity index (χ0v) is 7.65. The van der Waals surface area contributed by atoms with Crippen LogP contribution in [0.1, 0.15) is 12.8 Å². The van der Waals surface area contributed by atoms with E-state index in [2.05, 4.69) is 4.90 Å². The number of likely N-dealkylation sites (tertiary alicyclic amines) is 1. The second-order valence-electron chi connectivity index (χ2n) is 3.40. The number of nitrogens with two attached hydrogens (primary N) is 1. The summed E-state index contributed by atoms with van der Waals surface area (Å²) in [6.07, 6.45) is 5.04. The lowest BCUT2D eigenvalue weighted by atomic mass is 10.1. The largest absolute Gasteiger partial charge is 0.478 e. The van der Waals surface area contributed by atoms with Gasteiger partial charge in [-0.2, -0.15) is 0 Å². The fourth-order valence-electron chi connectivity index (χ4n) is 1.56. The van der Waals surface area contributed by atoms with Gasteiger partial charge in [0.15, 0.2) is 0 Å². The van der Waals surface area contributed by atoms with E-state index in [0.29, 0.717) is 6.54 Å². The van der Waals surface area contributed by atoms with Crippen LogP contribution in [-0.2, 0) is 4.79 Å². The normalized spacial score (nSPS) is 25.2. The minimum atomic E-state index is -0.888. The smallest absolute Gasteiger partial charge is 0.328 e. The van der Waals surface area contributed by atoms with Crippen LogP contribution in [0.3, 0.4) is 0 Å². The molecule has 1 fully saturated rings. The maximum Gasteiger partial charge on any atom is 0.328 e. The molecule has 1 atom stereocenters. The van der Waals surface area contributed by atoms with E-state index in [1.807, 2.05) is 0 Å². The number of aliphatic carboxylic acids is 1. The summed E-state index contributed by atoms with van der Waals surface area (Å²) in [6, 6.07) is 0.256. The quantitative estimate of drug-likeness (QED) is 0.608. The van der Waals surface area contributed by atoms with Crippen molar-refractivity contribution in [1.82, 2.24) is 4.90 Å². The predicted octanol–water partition coefficient (Wildman–Crippen LogP) is 0.0503. The Morgan fingerprint density at radius 3 is 3.08 bits per heavy atom. The Hall–Kier alpha value is -0.870. The lowest BCUT2D eigenvalue weighted by molar-refractivity contribution is -0.131. The zero-order chi connectivity index (χ0) is 9.68. The van der Waals surface area contributed by atoms with Crippen molar-refractivity contribution in [3.63, 3.8) is 0 Å². The van der Waals surface area contributed by atoms with E-state index in [-0.39, 0.29) is 6.04 Å². The van der Waals surface area contributed by atoms with Crippen LogP contribution in [0.4, 0.5) is 0 Å². The summed E-state index contributed by atoms with van der Waals surface area (Å²) in [5.41, 5.74) is 5.77. The average molecular weight is 184 g/mol. The van der Waals surface area contributed by atoms with Gasteiger partial charge in [0.1, 0.15) is 0 Å². The Kier molecular flexibility index (Phi) is 3.92. The summed E-state index contributed by atoms with van der Waals surface area (Å²) in [6.45, 7) is 2.60. The van der Waals surface area contributed by atoms with E-state index in [9.17, 15) is 4.79 Å². The molecule has 0 amide bonds. The number of rotatable bonds is 3. The highest BCUT2D eigenvalue weighted by Crippen LogP contribution is 2.07. The fourth-order valence-corrected chi connectivity index (χ4v) is 1.56. The molecule has 0 unspecified atom stereocenters. The average Bonchev–Trinajstić information content (AvgIpc) is 2.03. The monoisotopic (exact) mass is 184 g/mol. The topological polar surface area (TPSA) is 66.6 Å². The van der Waals surface area contributed by atoms with Crippen molar-refractivity contribution in [3.8, 4) is 0 Å². The summed E-state index contributed by atoms with van der Waals surface area (Å²) >= 11 is 0. The maximum atomic E-state index is 10.2. The Morgan fingerprint density at radius 1 is 1.69 bits per heavy atom. The number of carboxylic acids is 1. The Morgan fingerprint density at radius 2 is 2.46 bits per heavy atom. The molecule has 0 bridgehead atoms. The Bertz CT molecular complexity index is 204. The van der Waals surface area contributed by atoms with Crippen molar-refractivity contribution < 1.29 is 9.90 Å². The molecule has 1 saturated heterocycles. The fraction of sp³-hybridized carbons (Fsp3) is 0.667. The highest BCUT2D eigenvalue weighted by molar-refractivity contribution is 5.79. The van der Waals surface area contributed by atoms with E-state index in [1.165, 1.54) is 6.08 Å². The summed E-state index contributed by atoms with van der Waals surface area (Å²) in [5.74, 6) is -0.888. The maximum absolute atomic E-state index is 10.2. The van der Waals surface area contributed by atoms with Crippen LogP contribution in [0.5, 0.6) is 0 Å². The van der Waals surface area contributed by atoms with Gasteiger partial charge in [0.05, 0.1) is 0 Å². The molecule has 1 heterocycles. The Labute approximate surface area is 78.0 Å². The minimum Gasteiger partial charge on any atom is -0.478 e. The Balaban J connectivity index is 2.24. The van der Waals surface area contributed by atoms with E-state index in [0.717, 1.165) is 25.9 Å². The first-order valence-corrected chi connectivity index (χ1v) is 4.56. The van der Waals surface area contributed by atoms with E-state index >= 15 is 0 Å². The van der Waals surface area contributed by atoms with E-state index in [4.69, 9.17) is 10.8 Å². The van der Waals surface area contributed by atoms with E-state index in [1.54, 1.807) is 6.08 Å². The van der Waals surface area contributed by atoms with Crippen molar-refractivity contribution in [3.05, 3.63) is 12.2 Å². The number of hydrogen-bond donors (Lipinski definition) is 2. The number of hydrogen-bond acceptors (Lipinski definition) is 3. The van der Waals surface area contributed by atoms with Crippen molar-refractivity contribution in [1.29, 1.82) is 0 Å². The molecule has 74 valence electrons. The van der Waals surface area contributed by atoms with Gasteiger partial charge < -0.3 is 10.8 Å². The standard InChI is InChI=1S/C9H16N2O2/c10-8-3-1-5-11(7-8)6-2-4-9(12)13/h2,4,8H,1,3,5-7,10H2,(H,12,13)/b4-2+/t8-/m1/s1. The van der Waals surface area contributed by atoms with Crippen LogP contribution >= 0.6 is 0 Å². The molecule has 1 rings (SSSR count). The van der Waals surface area contributed by atoms with Crippen molar-refractivity contribution >= 4 is 5.97 Å². The molecular weight excluding hydrogens is 168 g/mol. The van der Waals surface area contributed by atoms with Crippen molar-refractivity contribution in [2.24, 2.45) is 5.73 Å². The van der Waals surface area contributed by atoms with Gasteiger partial charge in [-0.3, -0.25) is 4.90 Å². The molecule has 1 aliphatic heterocycles. The third-order valence-corrected chi connectivity index (χ3v) is 2.17. The van der Waals surface area contributed by atoms with Gasteiger partial charge in [-0.1, -0.05) is 6.08 Å². The molecule has 0 saturated carbocycles. The number of carbonyl (C=O) groups is 1. The molecular formula is C9H16N2O2. The first-order chi connectivity index (χ1) is 6.18. The first kappa shape index (κ1) is 10.2. The van der Waals surface area contributed by atoms with Gasteiger partial charge in [-0.05, 0) is 19.4 Å². The van der Waals surface area contributed by atoms with Crippen LogP contribution in [0, 0.1) is 0 Å². The second-order valence-corrected chi connectivity index (χ2v) is 3.40. The molecule has 0 spiro atoms. The molecule has 0 aliphatic carbocycles. The van der Waals surface area contributed by atoms with Crippen LogP contribution in [0.25, 0.3) is 0 Å². The second kappa shape index (κ2) is 4.99. The van der Waals surface area contributed by atoms with Crippen LogP contribution in [0.2, 0.25) is 0 Å². The molecule has 0 aromatic rings. The van der Waals surface area contributed by atoms with Gasteiger partial charge >= 0.3 is 5.97 Å². The van der Waals surface area contributed by atoms with E-state index < -0.39 is 5.97 Å². The molecule has 4 nitrogen and oxygen atoms in total. The summed E-state index contributed by atoms with van der Waals surface area (Å²) in [5, 5.41) is 8.36. The first-order valence-electron chi connectivity index (χ1n) is 4.56. The zero-order valence-electron chi connectivity index (χ0n) is 7.65. The number of nitrogens with zero attached hydrogens (tertiary/aromatic N) is 1. The minimum absolute atomic E-state index is 0.256. The predicted molar refractivity (Wildman–Crippen MR) is 50.4 cm³/mol. The molecule has 0 aromatic carbocycles. The third kappa shape index (κ3) is 4.05. The molecule has 4 heteroatoms. The molecule has 0 aromatic heterocycles. The van der Waals surface area contributed by atoms with Gasteiger partial charge in [-0.25, -0.2) is 4.79 Å². The van der Waals surface area contributed by atoms with Gasteiger partial charge in [-0.15, -0.1) is 0 Å². The molecule has 0 radical (unpaired) electrons. The van der Waals surface area contributed by atoms with Gasteiger partial charge in [0, 0.05) is 25.2 Å². The summed E-state index contributed by atoms with van der Waals surface area (Å²) in [7, 11) is 0. The number of piperidine rings is 1. The lowest BCUT2D eigenvalue weighted by Crippen LogP contribution is -2.42. The van der Waals surface area contributed by atoms with Gasteiger partial charge in [0.2, 0.25) is 0 Å².